The molecule has 0 aromatic heterocycles. The van der Waals surface area contributed by atoms with Crippen molar-refractivity contribution in [1.82, 2.24) is 10.2 Å². The molecular weight excluding hydrogens is 284 g/mol. The van der Waals surface area contributed by atoms with Crippen molar-refractivity contribution in [3.05, 3.63) is 29.8 Å². The maximum absolute atomic E-state index is 11.8. The minimum Gasteiger partial charge on any atom is -0.497 e. The standard InChI is InChI=1S/C16H24N2O4/c1-13(19)18(10-11-21-2)12-16(20)17-9-8-14-4-6-15(22-3)7-5-14/h4-7H,8-12H2,1-3H3,(H,17,20). The molecule has 1 N–H and O–H groups in total. The first-order valence-electron chi connectivity index (χ1n) is 7.21. The summed E-state index contributed by atoms with van der Waals surface area (Å²) in [7, 11) is 3.19. The lowest BCUT2D eigenvalue weighted by Gasteiger charge is -2.20. The number of amides is 2. The third kappa shape index (κ3) is 6.58. The van der Waals surface area contributed by atoms with Gasteiger partial charge in [0.1, 0.15) is 5.75 Å². The van der Waals surface area contributed by atoms with E-state index in [9.17, 15) is 9.59 Å². The molecule has 0 radical (unpaired) electrons. The summed E-state index contributed by atoms with van der Waals surface area (Å²) in [6, 6.07) is 7.70. The normalized spacial score (nSPS) is 10.1. The van der Waals surface area contributed by atoms with Gasteiger partial charge in [-0.1, -0.05) is 12.1 Å². The summed E-state index contributed by atoms with van der Waals surface area (Å²) in [5.74, 6) is 0.505. The molecule has 122 valence electrons. The molecule has 0 aliphatic rings. The van der Waals surface area contributed by atoms with E-state index in [4.69, 9.17) is 9.47 Å². The smallest absolute Gasteiger partial charge is 0.239 e. The second-order valence-electron chi connectivity index (χ2n) is 4.88. The average Bonchev–Trinajstić information content (AvgIpc) is 2.51. The van der Waals surface area contributed by atoms with Gasteiger partial charge in [0, 0.05) is 27.1 Å². The molecule has 1 aromatic rings. The first-order valence-corrected chi connectivity index (χ1v) is 7.21. The second kappa shape index (κ2) is 9.78. The molecule has 0 saturated heterocycles. The Morgan fingerprint density at radius 1 is 1.18 bits per heavy atom. The highest BCUT2D eigenvalue weighted by molar-refractivity contribution is 5.83. The van der Waals surface area contributed by atoms with E-state index in [1.54, 1.807) is 14.2 Å². The molecule has 0 spiro atoms. The third-order valence-electron chi connectivity index (χ3n) is 3.24. The predicted molar refractivity (Wildman–Crippen MR) is 83.8 cm³/mol. The number of ether oxygens (including phenoxy) is 2. The van der Waals surface area contributed by atoms with Gasteiger partial charge in [-0.15, -0.1) is 0 Å². The number of methoxy groups -OCH3 is 2. The molecule has 22 heavy (non-hydrogen) atoms. The molecular formula is C16H24N2O4. The molecule has 0 heterocycles. The molecule has 1 aromatic carbocycles. The number of carbonyl (C=O) groups is 2. The van der Waals surface area contributed by atoms with Crippen molar-refractivity contribution in [2.24, 2.45) is 0 Å². The number of carbonyl (C=O) groups excluding carboxylic acids is 2. The van der Waals surface area contributed by atoms with Crippen molar-refractivity contribution in [2.45, 2.75) is 13.3 Å². The van der Waals surface area contributed by atoms with Crippen molar-refractivity contribution in [2.75, 3.05) is 40.5 Å². The summed E-state index contributed by atoms with van der Waals surface area (Å²) < 4.78 is 10.0. The van der Waals surface area contributed by atoms with E-state index in [0.29, 0.717) is 19.7 Å². The van der Waals surface area contributed by atoms with Crippen LogP contribution in [0.1, 0.15) is 12.5 Å². The van der Waals surface area contributed by atoms with Crippen LogP contribution in [0.5, 0.6) is 5.75 Å². The van der Waals surface area contributed by atoms with Crippen molar-refractivity contribution in [3.63, 3.8) is 0 Å². The molecule has 2 amide bonds. The maximum atomic E-state index is 11.8. The highest BCUT2D eigenvalue weighted by atomic mass is 16.5. The van der Waals surface area contributed by atoms with Crippen LogP contribution in [0.2, 0.25) is 0 Å². The Balaban J connectivity index is 2.33. The number of hydrogen-bond acceptors (Lipinski definition) is 4. The van der Waals surface area contributed by atoms with E-state index < -0.39 is 0 Å². The number of rotatable bonds is 9. The number of nitrogens with zero attached hydrogens (tertiary/aromatic N) is 1. The zero-order valence-corrected chi connectivity index (χ0v) is 13.4. The Hall–Kier alpha value is -2.08. The zero-order chi connectivity index (χ0) is 16.4. The van der Waals surface area contributed by atoms with E-state index >= 15 is 0 Å². The van der Waals surface area contributed by atoms with Crippen molar-refractivity contribution in [3.8, 4) is 5.75 Å². The first kappa shape index (κ1) is 18.0. The topological polar surface area (TPSA) is 67.9 Å². The van der Waals surface area contributed by atoms with Crippen LogP contribution in [0, 0.1) is 0 Å². The monoisotopic (exact) mass is 308 g/mol. The Bertz CT molecular complexity index is 474. The van der Waals surface area contributed by atoms with Crippen LogP contribution in [0.25, 0.3) is 0 Å². The Kier molecular flexibility index (Phi) is 7.99. The number of benzene rings is 1. The van der Waals surface area contributed by atoms with E-state index in [-0.39, 0.29) is 18.4 Å². The lowest BCUT2D eigenvalue weighted by molar-refractivity contribution is -0.134. The van der Waals surface area contributed by atoms with Gasteiger partial charge in [-0.05, 0) is 24.1 Å². The summed E-state index contributed by atoms with van der Waals surface area (Å²) in [5.41, 5.74) is 1.11. The van der Waals surface area contributed by atoms with Crippen LogP contribution in [0.3, 0.4) is 0 Å². The van der Waals surface area contributed by atoms with E-state index in [1.807, 2.05) is 24.3 Å². The molecule has 0 bridgehead atoms. The van der Waals surface area contributed by atoms with Crippen LogP contribution in [-0.4, -0.2) is 57.2 Å². The summed E-state index contributed by atoms with van der Waals surface area (Å²) in [5, 5.41) is 2.82. The minimum atomic E-state index is -0.167. The van der Waals surface area contributed by atoms with E-state index in [2.05, 4.69) is 5.32 Å². The predicted octanol–water partition coefficient (Wildman–Crippen LogP) is 0.849. The molecule has 0 fully saturated rings. The molecule has 0 aliphatic carbocycles. The molecule has 1 rings (SSSR count). The molecule has 0 atom stereocenters. The van der Waals surface area contributed by atoms with Crippen LogP contribution < -0.4 is 10.1 Å². The van der Waals surface area contributed by atoms with Crippen molar-refractivity contribution >= 4 is 11.8 Å². The molecule has 0 aliphatic heterocycles. The summed E-state index contributed by atoms with van der Waals surface area (Å²) in [4.78, 5) is 24.7. The Labute approximate surface area is 131 Å². The van der Waals surface area contributed by atoms with Gasteiger partial charge in [-0.2, -0.15) is 0 Å². The van der Waals surface area contributed by atoms with Gasteiger partial charge >= 0.3 is 0 Å². The second-order valence-corrected chi connectivity index (χ2v) is 4.88. The molecule has 0 saturated carbocycles. The van der Waals surface area contributed by atoms with Crippen LogP contribution >= 0.6 is 0 Å². The van der Waals surface area contributed by atoms with Crippen LogP contribution in [-0.2, 0) is 20.7 Å². The van der Waals surface area contributed by atoms with Crippen molar-refractivity contribution in [1.29, 1.82) is 0 Å². The summed E-state index contributed by atoms with van der Waals surface area (Å²) in [6.07, 6.45) is 0.730. The van der Waals surface area contributed by atoms with Gasteiger partial charge in [0.05, 0.1) is 20.3 Å². The highest BCUT2D eigenvalue weighted by Gasteiger charge is 2.12. The van der Waals surface area contributed by atoms with E-state index in [1.165, 1.54) is 11.8 Å². The molecule has 0 unspecified atom stereocenters. The van der Waals surface area contributed by atoms with Gasteiger partial charge < -0.3 is 19.7 Å². The third-order valence-corrected chi connectivity index (χ3v) is 3.24. The zero-order valence-electron chi connectivity index (χ0n) is 13.4. The lowest BCUT2D eigenvalue weighted by Crippen LogP contribution is -2.41. The number of nitrogens with one attached hydrogen (secondary N) is 1. The lowest BCUT2D eigenvalue weighted by atomic mass is 10.1. The summed E-state index contributed by atoms with van der Waals surface area (Å²) in [6.45, 7) is 2.86. The fraction of sp³-hybridized carbons (Fsp3) is 0.500. The van der Waals surface area contributed by atoms with Gasteiger partial charge in [0.2, 0.25) is 11.8 Å². The number of hydrogen-bond donors (Lipinski definition) is 1. The molecule has 6 heteroatoms. The van der Waals surface area contributed by atoms with E-state index in [0.717, 1.165) is 17.7 Å². The first-order chi connectivity index (χ1) is 10.6. The Morgan fingerprint density at radius 2 is 1.86 bits per heavy atom. The average molecular weight is 308 g/mol. The fourth-order valence-corrected chi connectivity index (χ4v) is 1.92. The largest absolute Gasteiger partial charge is 0.497 e. The highest BCUT2D eigenvalue weighted by Crippen LogP contribution is 2.11. The van der Waals surface area contributed by atoms with Gasteiger partial charge in [-0.3, -0.25) is 9.59 Å². The maximum Gasteiger partial charge on any atom is 0.239 e. The fourth-order valence-electron chi connectivity index (χ4n) is 1.92. The summed E-state index contributed by atoms with van der Waals surface area (Å²) >= 11 is 0. The van der Waals surface area contributed by atoms with Crippen molar-refractivity contribution < 1.29 is 19.1 Å². The van der Waals surface area contributed by atoms with Gasteiger partial charge in [-0.25, -0.2) is 0 Å². The quantitative estimate of drug-likeness (QED) is 0.734. The molecule has 6 nitrogen and oxygen atoms in total. The van der Waals surface area contributed by atoms with Crippen LogP contribution in [0.4, 0.5) is 0 Å². The Morgan fingerprint density at radius 3 is 2.41 bits per heavy atom. The minimum absolute atomic E-state index is 0.0569. The van der Waals surface area contributed by atoms with Gasteiger partial charge in [0.15, 0.2) is 0 Å². The SMILES string of the molecule is COCCN(CC(=O)NCCc1ccc(OC)cc1)C(C)=O. The van der Waals surface area contributed by atoms with Gasteiger partial charge in [0.25, 0.3) is 0 Å². The van der Waals surface area contributed by atoms with Crippen LogP contribution in [0.15, 0.2) is 24.3 Å².